The van der Waals surface area contributed by atoms with Gasteiger partial charge in [-0.15, -0.1) is 11.3 Å². The molecule has 0 atom stereocenters. The van der Waals surface area contributed by atoms with Crippen LogP contribution in [0.4, 0.5) is 5.82 Å². The van der Waals surface area contributed by atoms with Crippen LogP contribution in [-0.4, -0.2) is 14.3 Å². The van der Waals surface area contributed by atoms with Gasteiger partial charge in [-0.05, 0) is 34.6 Å². The summed E-state index contributed by atoms with van der Waals surface area (Å²) in [5.74, 6) is -0.0877. The first-order chi connectivity index (χ1) is 9.65. The van der Waals surface area contributed by atoms with Crippen molar-refractivity contribution in [3.8, 4) is 0 Å². The number of hydrogen-bond donors (Lipinski definition) is 0. The molecule has 0 saturated heterocycles. The van der Waals surface area contributed by atoms with Crippen molar-refractivity contribution in [1.82, 2.24) is 9.38 Å². The van der Waals surface area contributed by atoms with Gasteiger partial charge < -0.3 is 10.1 Å². The molecule has 0 radical (unpaired) electrons. The Kier molecular flexibility index (Phi) is 3.25. The molecule has 0 aliphatic rings. The fraction of sp³-hybridized carbons (Fsp3) is 0. The van der Waals surface area contributed by atoms with E-state index < -0.39 is 4.92 Å². The molecule has 0 bridgehead atoms. The monoisotopic (exact) mass is 305 g/mol. The first-order valence-electron chi connectivity index (χ1n) is 5.69. The van der Waals surface area contributed by atoms with E-state index >= 15 is 0 Å². The maximum Gasteiger partial charge on any atom is 0.355 e. The van der Waals surface area contributed by atoms with Crippen molar-refractivity contribution >= 4 is 46.6 Å². The van der Waals surface area contributed by atoms with Crippen LogP contribution in [0.1, 0.15) is 10.6 Å². The molecule has 0 aliphatic heterocycles. The molecule has 0 amide bonds. The molecular weight excluding hydrogens is 298 g/mol. The second-order valence-corrected chi connectivity index (χ2v) is 5.42. The van der Waals surface area contributed by atoms with Crippen LogP contribution in [0.5, 0.6) is 0 Å². The Hall–Kier alpha value is -2.18. The minimum atomic E-state index is -0.454. The summed E-state index contributed by atoms with van der Waals surface area (Å²) in [5.41, 5.74) is 0.803. The van der Waals surface area contributed by atoms with Gasteiger partial charge in [-0.1, -0.05) is 17.7 Å². The molecule has 0 unspecified atom stereocenters. The van der Waals surface area contributed by atoms with E-state index in [1.807, 2.05) is 17.5 Å². The Morgan fingerprint density at radius 2 is 2.20 bits per heavy atom. The predicted octanol–water partition coefficient (Wildman–Crippen LogP) is 4.13. The summed E-state index contributed by atoms with van der Waals surface area (Å²) >= 11 is 7.43. The number of imidazole rings is 1. The number of nitro groups is 1. The van der Waals surface area contributed by atoms with Gasteiger partial charge in [0.2, 0.25) is 5.65 Å². The largest absolute Gasteiger partial charge is 0.358 e. The fourth-order valence-electron chi connectivity index (χ4n) is 1.87. The van der Waals surface area contributed by atoms with Crippen LogP contribution in [0.25, 0.3) is 17.8 Å². The quantitative estimate of drug-likeness (QED) is 0.540. The van der Waals surface area contributed by atoms with Gasteiger partial charge in [-0.25, -0.2) is 4.98 Å². The highest BCUT2D eigenvalue weighted by Crippen LogP contribution is 2.25. The summed E-state index contributed by atoms with van der Waals surface area (Å²) in [6.07, 6.45) is 4.94. The molecule has 0 aromatic carbocycles. The van der Waals surface area contributed by atoms with Gasteiger partial charge in [-0.2, -0.15) is 4.40 Å². The molecule has 0 saturated carbocycles. The van der Waals surface area contributed by atoms with Crippen molar-refractivity contribution in [3.63, 3.8) is 0 Å². The number of aromatic nitrogens is 2. The first kappa shape index (κ1) is 12.8. The molecule has 100 valence electrons. The van der Waals surface area contributed by atoms with Crippen molar-refractivity contribution < 1.29 is 4.92 Å². The third-order valence-corrected chi connectivity index (χ3v) is 3.77. The lowest BCUT2D eigenvalue weighted by atomic mass is 10.3. The van der Waals surface area contributed by atoms with Crippen molar-refractivity contribution in [2.75, 3.05) is 0 Å². The average Bonchev–Trinajstić information content (AvgIpc) is 3.02. The molecule has 20 heavy (non-hydrogen) atoms. The minimum Gasteiger partial charge on any atom is -0.358 e. The van der Waals surface area contributed by atoms with Gasteiger partial charge in [-0.3, -0.25) is 0 Å². The highest BCUT2D eigenvalue weighted by Gasteiger charge is 2.20. The van der Waals surface area contributed by atoms with E-state index in [9.17, 15) is 10.1 Å². The second-order valence-electron chi connectivity index (χ2n) is 4.00. The van der Waals surface area contributed by atoms with E-state index in [-0.39, 0.29) is 5.82 Å². The highest BCUT2D eigenvalue weighted by molar-refractivity contribution is 7.10. The molecule has 3 aromatic heterocycles. The zero-order chi connectivity index (χ0) is 14.1. The van der Waals surface area contributed by atoms with Gasteiger partial charge >= 0.3 is 5.82 Å². The van der Waals surface area contributed by atoms with Crippen LogP contribution >= 0.6 is 22.9 Å². The molecule has 3 heterocycles. The van der Waals surface area contributed by atoms with E-state index in [1.54, 1.807) is 35.6 Å². The molecule has 3 rings (SSSR count). The summed E-state index contributed by atoms with van der Waals surface area (Å²) in [6, 6.07) is 7.15. The van der Waals surface area contributed by atoms with Crippen molar-refractivity contribution in [2.45, 2.75) is 0 Å². The third kappa shape index (κ3) is 2.31. The van der Waals surface area contributed by atoms with Crippen LogP contribution in [0.2, 0.25) is 5.02 Å². The Labute approximate surface area is 122 Å². The number of fused-ring (bicyclic) bond motifs is 1. The fourth-order valence-corrected chi connectivity index (χ4v) is 2.64. The maximum absolute atomic E-state index is 11.2. The summed E-state index contributed by atoms with van der Waals surface area (Å²) in [4.78, 5) is 16.0. The molecule has 0 aliphatic carbocycles. The average molecular weight is 306 g/mol. The van der Waals surface area contributed by atoms with Gasteiger partial charge in [0.1, 0.15) is 6.20 Å². The second kappa shape index (κ2) is 5.07. The van der Waals surface area contributed by atoms with Gasteiger partial charge in [0.05, 0.1) is 5.02 Å². The molecule has 5 nitrogen and oxygen atoms in total. The van der Waals surface area contributed by atoms with Crippen LogP contribution in [0.15, 0.2) is 35.8 Å². The van der Waals surface area contributed by atoms with Crippen LogP contribution in [-0.2, 0) is 0 Å². The summed E-state index contributed by atoms with van der Waals surface area (Å²) < 4.78 is 1.39. The standard InChI is InChI=1S/C13H8ClN3O2S/c14-9-3-6-12-15-11(5-4-10-2-1-7-20-10)13(17(18)19)16(12)8-9/h1-8H/b5-4+. The van der Waals surface area contributed by atoms with Gasteiger partial charge in [0.15, 0.2) is 5.69 Å². The number of thiophene rings is 1. The number of pyridine rings is 1. The Morgan fingerprint density at radius 1 is 1.35 bits per heavy atom. The minimum absolute atomic E-state index is 0.0877. The van der Waals surface area contributed by atoms with Crippen molar-refractivity contribution in [1.29, 1.82) is 0 Å². The Balaban J connectivity index is 2.15. The van der Waals surface area contributed by atoms with E-state index in [1.165, 1.54) is 10.6 Å². The summed E-state index contributed by atoms with van der Waals surface area (Å²) in [7, 11) is 0. The molecule has 7 heteroatoms. The molecule has 3 aromatic rings. The number of hydrogen-bond acceptors (Lipinski definition) is 4. The van der Waals surface area contributed by atoms with Crippen molar-refractivity contribution in [2.24, 2.45) is 0 Å². The van der Waals surface area contributed by atoms with Crippen molar-refractivity contribution in [3.05, 3.63) is 61.6 Å². The van der Waals surface area contributed by atoms with E-state index in [4.69, 9.17) is 11.6 Å². The SMILES string of the molecule is O=[N+]([O-])c1c(/C=C/c2cccs2)nc2ccc(Cl)cn12. The summed E-state index contributed by atoms with van der Waals surface area (Å²) in [5, 5.41) is 13.6. The first-order valence-corrected chi connectivity index (χ1v) is 6.94. The molecule has 0 spiro atoms. The number of nitrogens with zero attached hydrogens (tertiary/aromatic N) is 3. The maximum atomic E-state index is 11.2. The molecule has 0 fully saturated rings. The number of rotatable bonds is 3. The molecular formula is C13H8ClN3O2S. The lowest BCUT2D eigenvalue weighted by Crippen LogP contribution is -1.95. The molecule has 0 N–H and O–H groups in total. The summed E-state index contributed by atoms with van der Waals surface area (Å²) in [6.45, 7) is 0. The van der Waals surface area contributed by atoms with E-state index in [0.717, 1.165) is 4.88 Å². The Bertz CT molecular complexity index is 809. The zero-order valence-corrected chi connectivity index (χ0v) is 11.6. The smallest absolute Gasteiger partial charge is 0.355 e. The van der Waals surface area contributed by atoms with Gasteiger partial charge in [0, 0.05) is 10.9 Å². The van der Waals surface area contributed by atoms with E-state index in [0.29, 0.717) is 16.4 Å². The Morgan fingerprint density at radius 3 is 2.90 bits per heavy atom. The van der Waals surface area contributed by atoms with E-state index in [2.05, 4.69) is 4.98 Å². The van der Waals surface area contributed by atoms with Crippen LogP contribution in [0, 0.1) is 10.1 Å². The third-order valence-electron chi connectivity index (χ3n) is 2.70. The normalized spacial score (nSPS) is 11.4. The zero-order valence-electron chi connectivity index (χ0n) is 10.1. The topological polar surface area (TPSA) is 60.4 Å². The lowest BCUT2D eigenvalue weighted by molar-refractivity contribution is -0.390. The van der Waals surface area contributed by atoms with Crippen LogP contribution in [0.3, 0.4) is 0 Å². The van der Waals surface area contributed by atoms with Crippen LogP contribution < -0.4 is 0 Å². The predicted molar refractivity (Wildman–Crippen MR) is 80.1 cm³/mol. The lowest BCUT2D eigenvalue weighted by Gasteiger charge is -1.94. The highest BCUT2D eigenvalue weighted by atomic mass is 35.5. The number of halogens is 1. The van der Waals surface area contributed by atoms with Gasteiger partial charge in [0.25, 0.3) is 0 Å².